The number of hydrogen-bond donors (Lipinski definition) is 1. The average Bonchev–Trinajstić information content (AvgIpc) is 3.39. The third-order valence-corrected chi connectivity index (χ3v) is 8.79. The zero-order chi connectivity index (χ0) is 21.4. The maximum atomic E-state index is 12.8. The van der Waals surface area contributed by atoms with Gasteiger partial charge in [0.05, 0.1) is 4.90 Å². The second-order valence-corrected chi connectivity index (χ2v) is 11.1. The van der Waals surface area contributed by atoms with Crippen LogP contribution in [-0.4, -0.2) is 46.0 Å². The molecule has 1 saturated carbocycles. The summed E-state index contributed by atoms with van der Waals surface area (Å²) in [4.78, 5) is 5.22. The van der Waals surface area contributed by atoms with E-state index in [0.717, 1.165) is 30.6 Å². The van der Waals surface area contributed by atoms with Gasteiger partial charge < -0.3 is 9.80 Å². The summed E-state index contributed by atoms with van der Waals surface area (Å²) in [5, 5.41) is 0. The van der Waals surface area contributed by atoms with Crippen molar-refractivity contribution in [1.29, 1.82) is 0 Å². The Morgan fingerprint density at radius 2 is 1.68 bits per heavy atom. The van der Waals surface area contributed by atoms with E-state index >= 15 is 0 Å². The quantitative estimate of drug-likeness (QED) is 0.689. The van der Waals surface area contributed by atoms with E-state index in [9.17, 15) is 8.42 Å². The number of rotatable bonds is 7. The highest BCUT2D eigenvalue weighted by atomic mass is 32.2. The summed E-state index contributed by atoms with van der Waals surface area (Å²) >= 11 is 0. The molecule has 0 bridgehead atoms. The molecule has 3 fully saturated rings. The number of hydrogen-bond acceptors (Lipinski definition) is 4. The Kier molecular flexibility index (Phi) is 5.69. The second-order valence-electron chi connectivity index (χ2n) is 9.44. The first-order valence-electron chi connectivity index (χ1n) is 11.7. The molecule has 2 aromatic carbocycles. The predicted octanol–water partition coefficient (Wildman–Crippen LogP) is 4.53. The SMILES string of the molecule is CCCN1CC2CC(c3ccc(NS(=O)(=O)c4ccc(N5CCCC5)cc4)cc3)C2C1. The van der Waals surface area contributed by atoms with Crippen molar-refractivity contribution in [2.45, 2.75) is 43.4 Å². The van der Waals surface area contributed by atoms with E-state index in [2.05, 4.69) is 33.6 Å². The van der Waals surface area contributed by atoms with E-state index in [1.54, 1.807) is 12.1 Å². The summed E-state index contributed by atoms with van der Waals surface area (Å²) in [6, 6.07) is 15.3. The normalized spacial score (nSPS) is 26.0. The van der Waals surface area contributed by atoms with Crippen LogP contribution in [0.15, 0.2) is 53.4 Å². The molecule has 6 heteroatoms. The van der Waals surface area contributed by atoms with Crippen molar-refractivity contribution in [3.05, 3.63) is 54.1 Å². The highest BCUT2D eigenvalue weighted by Crippen LogP contribution is 2.51. The molecule has 3 unspecified atom stereocenters. The number of anilines is 2. The van der Waals surface area contributed by atoms with Gasteiger partial charge in [0.25, 0.3) is 10.0 Å². The molecule has 0 radical (unpaired) electrons. The van der Waals surface area contributed by atoms with Gasteiger partial charge in [-0.05, 0) is 91.9 Å². The van der Waals surface area contributed by atoms with Gasteiger partial charge in [0.1, 0.15) is 0 Å². The Morgan fingerprint density at radius 3 is 2.35 bits per heavy atom. The van der Waals surface area contributed by atoms with Crippen molar-refractivity contribution in [3.63, 3.8) is 0 Å². The fourth-order valence-electron chi connectivity index (χ4n) is 5.70. The molecule has 2 heterocycles. The number of sulfonamides is 1. The molecule has 31 heavy (non-hydrogen) atoms. The molecule has 5 rings (SSSR count). The van der Waals surface area contributed by atoms with Gasteiger partial charge in [-0.25, -0.2) is 8.42 Å². The molecular weight excluding hydrogens is 406 g/mol. The lowest BCUT2D eigenvalue weighted by molar-refractivity contribution is 0.191. The van der Waals surface area contributed by atoms with Gasteiger partial charge in [-0.2, -0.15) is 0 Å². The van der Waals surface area contributed by atoms with Crippen LogP contribution >= 0.6 is 0 Å². The van der Waals surface area contributed by atoms with E-state index in [4.69, 9.17) is 0 Å². The van der Waals surface area contributed by atoms with Crippen molar-refractivity contribution < 1.29 is 8.42 Å². The van der Waals surface area contributed by atoms with Gasteiger partial charge in [0.2, 0.25) is 0 Å². The largest absolute Gasteiger partial charge is 0.372 e. The molecule has 1 aliphatic carbocycles. The van der Waals surface area contributed by atoms with Gasteiger partial charge >= 0.3 is 0 Å². The maximum Gasteiger partial charge on any atom is 0.261 e. The van der Waals surface area contributed by atoms with Crippen LogP contribution in [0.5, 0.6) is 0 Å². The molecule has 3 aliphatic rings. The number of nitrogens with one attached hydrogen (secondary N) is 1. The van der Waals surface area contributed by atoms with Gasteiger partial charge in [-0.15, -0.1) is 0 Å². The summed E-state index contributed by atoms with van der Waals surface area (Å²) in [5.41, 5.74) is 3.07. The number of fused-ring (bicyclic) bond motifs is 1. The lowest BCUT2D eigenvalue weighted by Crippen LogP contribution is -2.33. The van der Waals surface area contributed by atoms with E-state index in [1.807, 2.05) is 24.3 Å². The van der Waals surface area contributed by atoms with E-state index < -0.39 is 10.0 Å². The molecule has 5 nitrogen and oxygen atoms in total. The van der Waals surface area contributed by atoms with Crippen molar-refractivity contribution in [3.8, 4) is 0 Å². The van der Waals surface area contributed by atoms with Crippen LogP contribution in [-0.2, 0) is 10.0 Å². The lowest BCUT2D eigenvalue weighted by Gasteiger charge is -2.40. The number of benzene rings is 2. The average molecular weight is 440 g/mol. The van der Waals surface area contributed by atoms with Gasteiger partial charge in [0, 0.05) is 37.6 Å². The minimum absolute atomic E-state index is 0.309. The maximum absolute atomic E-state index is 12.8. The summed E-state index contributed by atoms with van der Waals surface area (Å²) in [5.74, 6) is 2.23. The topological polar surface area (TPSA) is 52.7 Å². The first-order chi connectivity index (χ1) is 15.0. The van der Waals surface area contributed by atoms with Crippen molar-refractivity contribution in [2.75, 3.05) is 42.3 Å². The molecular formula is C25H33N3O2S. The zero-order valence-electron chi connectivity index (χ0n) is 18.3. The Bertz CT molecular complexity index is 998. The van der Waals surface area contributed by atoms with Gasteiger partial charge in [-0.1, -0.05) is 19.1 Å². The first kappa shape index (κ1) is 20.8. The smallest absolute Gasteiger partial charge is 0.261 e. The monoisotopic (exact) mass is 439 g/mol. The van der Waals surface area contributed by atoms with Crippen LogP contribution in [0.2, 0.25) is 0 Å². The summed E-state index contributed by atoms with van der Waals surface area (Å²) in [6.45, 7) is 8.03. The van der Waals surface area contributed by atoms with Gasteiger partial charge in [0.15, 0.2) is 0 Å². The van der Waals surface area contributed by atoms with Crippen LogP contribution in [0.1, 0.15) is 44.1 Å². The van der Waals surface area contributed by atoms with E-state index in [1.165, 1.54) is 50.9 Å². The van der Waals surface area contributed by atoms with Crippen LogP contribution in [0.4, 0.5) is 11.4 Å². The van der Waals surface area contributed by atoms with Crippen LogP contribution < -0.4 is 9.62 Å². The highest BCUT2D eigenvalue weighted by molar-refractivity contribution is 7.92. The second kappa shape index (κ2) is 8.47. The number of nitrogens with zero attached hydrogens (tertiary/aromatic N) is 2. The third kappa shape index (κ3) is 4.20. The molecule has 1 N–H and O–H groups in total. The summed E-state index contributed by atoms with van der Waals surface area (Å²) in [6.07, 6.45) is 4.90. The van der Waals surface area contributed by atoms with Crippen molar-refractivity contribution >= 4 is 21.4 Å². The number of likely N-dealkylation sites (tertiary alicyclic amines) is 1. The van der Waals surface area contributed by atoms with E-state index in [-0.39, 0.29) is 0 Å². The summed E-state index contributed by atoms with van der Waals surface area (Å²) < 4.78 is 28.4. The molecule has 3 atom stereocenters. The molecule has 166 valence electrons. The molecule has 2 aliphatic heterocycles. The molecule has 2 aromatic rings. The van der Waals surface area contributed by atoms with Crippen molar-refractivity contribution in [2.24, 2.45) is 11.8 Å². The molecule has 0 aromatic heterocycles. The molecule has 0 spiro atoms. The minimum Gasteiger partial charge on any atom is -0.372 e. The zero-order valence-corrected chi connectivity index (χ0v) is 19.2. The molecule has 2 saturated heterocycles. The Hall–Kier alpha value is -2.05. The van der Waals surface area contributed by atoms with E-state index in [0.29, 0.717) is 16.5 Å². The Balaban J connectivity index is 1.22. The predicted molar refractivity (Wildman–Crippen MR) is 126 cm³/mol. The minimum atomic E-state index is -3.58. The fourth-order valence-corrected chi connectivity index (χ4v) is 6.76. The third-order valence-electron chi connectivity index (χ3n) is 7.39. The molecule has 0 amide bonds. The van der Waals surface area contributed by atoms with Gasteiger partial charge in [-0.3, -0.25) is 4.72 Å². The Labute approximate surface area is 186 Å². The van der Waals surface area contributed by atoms with Crippen LogP contribution in [0, 0.1) is 11.8 Å². The highest BCUT2D eigenvalue weighted by Gasteiger charge is 2.46. The first-order valence-corrected chi connectivity index (χ1v) is 13.2. The van der Waals surface area contributed by atoms with Crippen LogP contribution in [0.25, 0.3) is 0 Å². The fraction of sp³-hybridized carbons (Fsp3) is 0.520. The standard InChI is InChI=1S/C25H33N3O2S/c1-2-13-27-17-20-16-24(25(20)18-27)19-5-7-21(8-6-19)26-31(29,30)23-11-9-22(10-12-23)28-14-3-4-15-28/h5-12,20,24-26H,2-4,13-18H2,1H3. The van der Waals surface area contributed by atoms with Crippen LogP contribution in [0.3, 0.4) is 0 Å². The van der Waals surface area contributed by atoms with Crippen molar-refractivity contribution in [1.82, 2.24) is 4.90 Å². The lowest BCUT2D eigenvalue weighted by atomic mass is 9.64. The Morgan fingerprint density at radius 1 is 0.968 bits per heavy atom. The summed E-state index contributed by atoms with van der Waals surface area (Å²) in [7, 11) is -3.58.